The fraction of sp³-hybridized carbons (Fsp3) is 0.333. The van der Waals surface area contributed by atoms with Gasteiger partial charge in [0, 0.05) is 10.7 Å². The maximum atomic E-state index is 13.3. The number of carbonyl (C=O) groups excluding carboxylic acids is 1. The summed E-state index contributed by atoms with van der Waals surface area (Å²) < 4.78 is 18.3. The lowest BCUT2D eigenvalue weighted by molar-refractivity contribution is -0.141. The van der Waals surface area contributed by atoms with Gasteiger partial charge in [-0.2, -0.15) is 0 Å². The third-order valence-corrected chi connectivity index (χ3v) is 2.24. The van der Waals surface area contributed by atoms with Gasteiger partial charge in [-0.25, -0.2) is 4.39 Å². The van der Waals surface area contributed by atoms with E-state index in [-0.39, 0.29) is 12.1 Å². The second-order valence-electron chi connectivity index (χ2n) is 2.91. The summed E-state index contributed by atoms with van der Waals surface area (Å²) >= 11 is 3.07. The van der Waals surface area contributed by atoms with Crippen molar-refractivity contribution < 1.29 is 13.9 Å². The average Bonchev–Trinajstić information content (AvgIpc) is 2.17. The number of halogens is 2. The van der Waals surface area contributed by atoms with Crippen LogP contribution in [0.25, 0.3) is 0 Å². The second kappa shape index (κ2) is 5.18. The van der Waals surface area contributed by atoms with Crippen molar-refractivity contribution >= 4 is 21.9 Å². The van der Waals surface area contributed by atoms with E-state index in [0.717, 1.165) is 0 Å². The van der Waals surface area contributed by atoms with E-state index in [1.54, 1.807) is 0 Å². The molecule has 82 valence electrons. The molecule has 0 aliphatic carbocycles. The molecule has 0 unspecified atom stereocenters. The molecule has 1 atom stereocenters. The highest BCUT2D eigenvalue weighted by Crippen LogP contribution is 2.19. The highest BCUT2D eigenvalue weighted by molar-refractivity contribution is 9.10. The zero-order valence-corrected chi connectivity index (χ0v) is 9.62. The van der Waals surface area contributed by atoms with Gasteiger partial charge in [0.1, 0.15) is 5.82 Å². The minimum absolute atomic E-state index is 0.0589. The molecule has 0 saturated carbocycles. The van der Waals surface area contributed by atoms with Gasteiger partial charge in [0.25, 0.3) is 0 Å². The van der Waals surface area contributed by atoms with Crippen LogP contribution in [0.5, 0.6) is 0 Å². The van der Waals surface area contributed by atoms with Crippen molar-refractivity contribution in [2.24, 2.45) is 5.73 Å². The molecule has 1 rings (SSSR count). The molecule has 0 fully saturated rings. The minimum atomic E-state index is -0.787. The van der Waals surface area contributed by atoms with E-state index >= 15 is 0 Å². The predicted molar refractivity (Wildman–Crippen MR) is 55.5 cm³/mol. The number of esters is 1. The number of rotatable bonds is 3. The Morgan fingerprint density at radius 2 is 2.47 bits per heavy atom. The summed E-state index contributed by atoms with van der Waals surface area (Å²) in [4.78, 5) is 14.7. The summed E-state index contributed by atoms with van der Waals surface area (Å²) in [5, 5.41) is 0. The lowest BCUT2D eigenvalue weighted by Gasteiger charge is -2.10. The van der Waals surface area contributed by atoms with Crippen LogP contribution in [0.1, 0.15) is 18.2 Å². The van der Waals surface area contributed by atoms with Crippen LogP contribution in [-0.4, -0.2) is 18.1 Å². The van der Waals surface area contributed by atoms with Crippen molar-refractivity contribution in [2.75, 3.05) is 7.11 Å². The van der Waals surface area contributed by atoms with Crippen molar-refractivity contribution in [2.45, 2.75) is 12.5 Å². The third kappa shape index (κ3) is 3.24. The number of nitrogens with zero attached hydrogens (tertiary/aromatic N) is 1. The van der Waals surface area contributed by atoms with Gasteiger partial charge in [-0.05, 0) is 22.0 Å². The van der Waals surface area contributed by atoms with E-state index in [0.29, 0.717) is 4.47 Å². The van der Waals surface area contributed by atoms with Gasteiger partial charge < -0.3 is 10.5 Å². The standard InChI is InChI=1S/C9H10BrFN2O2/c1-15-8(14)3-7(12)9-6(11)2-5(10)4-13-9/h2,4,7H,3,12H2,1H3/t7-/m0/s1. The molecular formula is C9H10BrFN2O2. The van der Waals surface area contributed by atoms with Crippen LogP contribution in [0.15, 0.2) is 16.7 Å². The second-order valence-corrected chi connectivity index (χ2v) is 3.82. The van der Waals surface area contributed by atoms with E-state index in [2.05, 4.69) is 25.7 Å². The van der Waals surface area contributed by atoms with E-state index in [1.807, 2.05) is 0 Å². The van der Waals surface area contributed by atoms with Crippen molar-refractivity contribution in [3.8, 4) is 0 Å². The molecule has 2 N–H and O–H groups in total. The third-order valence-electron chi connectivity index (χ3n) is 1.80. The first-order chi connectivity index (χ1) is 7.04. The molecule has 15 heavy (non-hydrogen) atoms. The summed E-state index contributed by atoms with van der Waals surface area (Å²) in [6.45, 7) is 0. The number of aromatic nitrogens is 1. The summed E-state index contributed by atoms with van der Waals surface area (Å²) in [7, 11) is 1.25. The molecule has 0 spiro atoms. The molecule has 4 nitrogen and oxygen atoms in total. The number of pyridine rings is 1. The smallest absolute Gasteiger partial charge is 0.307 e. The molecule has 0 bridgehead atoms. The molecule has 6 heteroatoms. The van der Waals surface area contributed by atoms with Crippen molar-refractivity contribution in [1.82, 2.24) is 4.98 Å². The van der Waals surface area contributed by atoms with Crippen LogP contribution in [0.3, 0.4) is 0 Å². The molecule has 0 saturated heterocycles. The zero-order chi connectivity index (χ0) is 11.4. The van der Waals surface area contributed by atoms with Gasteiger partial charge in [0.2, 0.25) is 0 Å². The summed E-state index contributed by atoms with van der Waals surface area (Å²) in [5.74, 6) is -1.03. The molecule has 1 heterocycles. The van der Waals surface area contributed by atoms with E-state index in [4.69, 9.17) is 5.73 Å². The number of nitrogens with two attached hydrogens (primary N) is 1. The number of ether oxygens (including phenoxy) is 1. The van der Waals surface area contributed by atoms with E-state index < -0.39 is 17.8 Å². The van der Waals surface area contributed by atoms with Crippen LogP contribution >= 0.6 is 15.9 Å². The number of hydrogen-bond acceptors (Lipinski definition) is 4. The van der Waals surface area contributed by atoms with Crippen LogP contribution in [-0.2, 0) is 9.53 Å². The first-order valence-electron chi connectivity index (χ1n) is 4.18. The summed E-state index contributed by atoms with van der Waals surface area (Å²) in [6.07, 6.45) is 1.33. The van der Waals surface area contributed by atoms with E-state index in [1.165, 1.54) is 19.4 Å². The van der Waals surface area contributed by atoms with Crippen molar-refractivity contribution in [3.63, 3.8) is 0 Å². The molecule has 0 aliphatic rings. The fourth-order valence-electron chi connectivity index (χ4n) is 1.06. The van der Waals surface area contributed by atoms with Gasteiger partial charge in [0.05, 0.1) is 25.3 Å². The first kappa shape index (κ1) is 12.1. The summed E-state index contributed by atoms with van der Waals surface area (Å²) in [6, 6.07) is 0.463. The van der Waals surface area contributed by atoms with Gasteiger partial charge in [-0.1, -0.05) is 0 Å². The van der Waals surface area contributed by atoms with E-state index in [9.17, 15) is 9.18 Å². The Morgan fingerprint density at radius 1 is 1.80 bits per heavy atom. The number of hydrogen-bond donors (Lipinski definition) is 1. The molecule has 0 amide bonds. The molecular weight excluding hydrogens is 267 g/mol. The largest absolute Gasteiger partial charge is 0.469 e. The van der Waals surface area contributed by atoms with Gasteiger partial charge in [0.15, 0.2) is 0 Å². The lowest BCUT2D eigenvalue weighted by Crippen LogP contribution is -2.18. The van der Waals surface area contributed by atoms with Crippen LogP contribution in [0, 0.1) is 5.82 Å². The average molecular weight is 277 g/mol. The number of methoxy groups -OCH3 is 1. The Labute approximate surface area is 94.8 Å². The Kier molecular flexibility index (Phi) is 4.16. The van der Waals surface area contributed by atoms with Gasteiger partial charge >= 0.3 is 5.97 Å². The topological polar surface area (TPSA) is 65.2 Å². The van der Waals surface area contributed by atoms with Crippen LogP contribution in [0.2, 0.25) is 0 Å². The van der Waals surface area contributed by atoms with Crippen molar-refractivity contribution in [3.05, 3.63) is 28.2 Å². The Hall–Kier alpha value is -1.01. The SMILES string of the molecule is COC(=O)C[C@H](N)c1ncc(Br)cc1F. The first-order valence-corrected chi connectivity index (χ1v) is 4.97. The molecule has 1 aromatic rings. The van der Waals surface area contributed by atoms with Crippen LogP contribution < -0.4 is 5.73 Å². The quantitative estimate of drug-likeness (QED) is 0.851. The lowest BCUT2D eigenvalue weighted by atomic mass is 10.1. The molecule has 0 aliphatic heterocycles. The maximum Gasteiger partial charge on any atom is 0.307 e. The minimum Gasteiger partial charge on any atom is -0.469 e. The predicted octanol–water partition coefficient (Wildman–Crippen LogP) is 1.55. The highest BCUT2D eigenvalue weighted by atomic mass is 79.9. The monoisotopic (exact) mass is 276 g/mol. The maximum absolute atomic E-state index is 13.3. The van der Waals surface area contributed by atoms with Gasteiger partial charge in [-0.3, -0.25) is 9.78 Å². The highest BCUT2D eigenvalue weighted by Gasteiger charge is 2.17. The summed E-state index contributed by atoms with van der Waals surface area (Å²) in [5.41, 5.74) is 5.66. The van der Waals surface area contributed by atoms with Crippen molar-refractivity contribution in [1.29, 1.82) is 0 Å². The molecule has 1 aromatic heterocycles. The van der Waals surface area contributed by atoms with Crippen LogP contribution in [0.4, 0.5) is 4.39 Å². The molecule has 0 aromatic carbocycles. The number of carbonyl (C=O) groups is 1. The Morgan fingerprint density at radius 3 is 3.00 bits per heavy atom. The molecule has 0 radical (unpaired) electrons. The Bertz CT molecular complexity index is 373. The Balaban J connectivity index is 2.82. The fourth-order valence-corrected chi connectivity index (χ4v) is 1.36. The normalized spacial score (nSPS) is 12.3. The zero-order valence-electron chi connectivity index (χ0n) is 8.04. The van der Waals surface area contributed by atoms with Gasteiger partial charge in [-0.15, -0.1) is 0 Å².